The first-order chi connectivity index (χ1) is 19.8. The quantitative estimate of drug-likeness (QED) is 0.186. The third-order valence-electron chi connectivity index (χ3n) is 7.78. The van der Waals surface area contributed by atoms with E-state index < -0.39 is 23.8 Å². The molecule has 1 aliphatic rings. The lowest BCUT2D eigenvalue weighted by molar-refractivity contribution is -0.143. The van der Waals surface area contributed by atoms with Crippen molar-refractivity contribution in [3.05, 3.63) is 29.3 Å². The van der Waals surface area contributed by atoms with E-state index in [4.69, 9.17) is 4.74 Å². The van der Waals surface area contributed by atoms with Gasteiger partial charge >= 0.3 is 6.09 Å². The van der Waals surface area contributed by atoms with Crippen molar-refractivity contribution in [2.45, 2.75) is 149 Å². The largest absolute Gasteiger partial charge is 0.508 e. The minimum atomic E-state index is -0.885. The van der Waals surface area contributed by atoms with Crippen LogP contribution >= 0.6 is 0 Å². The molecule has 1 aromatic carbocycles. The number of alkyl carbamates (subject to hydrolysis) is 1. The predicted octanol–water partition coefficient (Wildman–Crippen LogP) is 7.32. The molecule has 1 saturated carbocycles. The molecule has 42 heavy (non-hydrogen) atoms. The summed E-state index contributed by atoms with van der Waals surface area (Å²) >= 11 is 0. The lowest BCUT2D eigenvalue weighted by Gasteiger charge is -2.36. The zero-order valence-corrected chi connectivity index (χ0v) is 27.3. The Bertz CT molecular complexity index is 997. The normalized spacial score (nSPS) is 15.6. The van der Waals surface area contributed by atoms with Crippen LogP contribution in [0.4, 0.5) is 4.79 Å². The van der Waals surface area contributed by atoms with Gasteiger partial charge in [-0.1, -0.05) is 78.2 Å². The van der Waals surface area contributed by atoms with Crippen LogP contribution in [0.15, 0.2) is 18.2 Å². The van der Waals surface area contributed by atoms with Gasteiger partial charge in [0.05, 0.1) is 0 Å². The fraction of sp³-hybridized carbons (Fsp3) is 0.735. The van der Waals surface area contributed by atoms with Gasteiger partial charge in [-0.2, -0.15) is 0 Å². The molecule has 1 aliphatic carbocycles. The smallest absolute Gasteiger partial charge is 0.408 e. The number of ether oxygens (including phenoxy) is 1. The first kappa shape index (κ1) is 35.4. The van der Waals surface area contributed by atoms with Crippen LogP contribution in [0.2, 0.25) is 0 Å². The molecule has 238 valence electrons. The highest BCUT2D eigenvalue weighted by atomic mass is 16.6. The summed E-state index contributed by atoms with van der Waals surface area (Å²) in [5.74, 6) is -0.247. The van der Waals surface area contributed by atoms with E-state index in [9.17, 15) is 19.5 Å². The second-order valence-electron chi connectivity index (χ2n) is 13.4. The van der Waals surface area contributed by atoms with Crippen LogP contribution in [0.5, 0.6) is 5.75 Å². The number of carbonyl (C=O) groups excluding carboxylic acids is 3. The zero-order chi connectivity index (χ0) is 31.3. The first-order valence-corrected chi connectivity index (χ1v) is 16.2. The Morgan fingerprint density at radius 2 is 1.67 bits per heavy atom. The van der Waals surface area contributed by atoms with Crippen molar-refractivity contribution < 1.29 is 24.2 Å². The summed E-state index contributed by atoms with van der Waals surface area (Å²) < 4.78 is 5.51. The molecular formula is C34H57N3O5. The van der Waals surface area contributed by atoms with Gasteiger partial charge < -0.3 is 25.4 Å². The molecule has 1 fully saturated rings. The average molecular weight is 588 g/mol. The van der Waals surface area contributed by atoms with E-state index in [0.717, 1.165) is 57.8 Å². The predicted molar refractivity (Wildman–Crippen MR) is 168 cm³/mol. The Kier molecular flexibility index (Phi) is 14.7. The molecule has 0 bridgehead atoms. The second-order valence-corrected chi connectivity index (χ2v) is 13.4. The summed E-state index contributed by atoms with van der Waals surface area (Å²) in [6.07, 6.45) is 11.2. The van der Waals surface area contributed by atoms with Crippen LogP contribution in [-0.4, -0.2) is 52.1 Å². The van der Waals surface area contributed by atoms with Crippen LogP contribution in [0.3, 0.4) is 0 Å². The lowest BCUT2D eigenvalue weighted by Crippen LogP contribution is -2.54. The van der Waals surface area contributed by atoms with Gasteiger partial charge in [0, 0.05) is 12.6 Å². The minimum Gasteiger partial charge on any atom is -0.508 e. The van der Waals surface area contributed by atoms with E-state index >= 15 is 0 Å². The standard InChI is InChI=1S/C34H57N3O5/c1-8-9-10-11-12-16-21-37(32(40)28(22-24(2)3)36-33(41)42-34(5,6)7)30(26-19-20-29(38)25(4)23-26)31(39)35-27-17-14-13-15-18-27/h19-20,23-24,27-28,30,38H,8-18,21-22H2,1-7H3,(H,35,39)(H,36,41). The summed E-state index contributed by atoms with van der Waals surface area (Å²) in [4.78, 5) is 43.0. The Hall–Kier alpha value is -2.77. The van der Waals surface area contributed by atoms with E-state index in [-0.39, 0.29) is 29.5 Å². The highest BCUT2D eigenvalue weighted by Gasteiger charge is 2.37. The van der Waals surface area contributed by atoms with Crippen LogP contribution in [-0.2, 0) is 14.3 Å². The summed E-state index contributed by atoms with van der Waals surface area (Å²) in [7, 11) is 0. The van der Waals surface area contributed by atoms with Crippen molar-refractivity contribution in [2.75, 3.05) is 6.54 Å². The molecule has 3 amide bonds. The van der Waals surface area contributed by atoms with Crippen molar-refractivity contribution in [3.8, 4) is 5.75 Å². The summed E-state index contributed by atoms with van der Waals surface area (Å²) in [6, 6.07) is 3.45. The van der Waals surface area contributed by atoms with Crippen molar-refractivity contribution >= 4 is 17.9 Å². The van der Waals surface area contributed by atoms with E-state index in [1.165, 1.54) is 12.8 Å². The number of nitrogens with one attached hydrogen (secondary N) is 2. The van der Waals surface area contributed by atoms with Crippen LogP contribution in [0.25, 0.3) is 0 Å². The van der Waals surface area contributed by atoms with Crippen molar-refractivity contribution in [1.29, 1.82) is 0 Å². The second kappa shape index (κ2) is 17.4. The average Bonchev–Trinajstić information content (AvgIpc) is 2.90. The van der Waals surface area contributed by atoms with Crippen molar-refractivity contribution in [1.82, 2.24) is 15.5 Å². The number of benzene rings is 1. The highest BCUT2D eigenvalue weighted by molar-refractivity contribution is 5.92. The van der Waals surface area contributed by atoms with Gasteiger partial charge in [0.2, 0.25) is 11.8 Å². The number of rotatable bonds is 15. The maximum Gasteiger partial charge on any atom is 0.408 e. The molecule has 2 rings (SSSR count). The van der Waals surface area contributed by atoms with Gasteiger partial charge in [0.25, 0.3) is 0 Å². The number of phenols is 1. The summed E-state index contributed by atoms with van der Waals surface area (Å²) in [5, 5.41) is 16.3. The molecule has 3 N–H and O–H groups in total. The van der Waals surface area contributed by atoms with E-state index in [1.807, 2.05) is 13.8 Å². The first-order valence-electron chi connectivity index (χ1n) is 16.2. The maximum atomic E-state index is 14.4. The monoisotopic (exact) mass is 587 g/mol. The van der Waals surface area contributed by atoms with Gasteiger partial charge in [0.15, 0.2) is 0 Å². The molecule has 0 radical (unpaired) electrons. The third kappa shape index (κ3) is 12.2. The van der Waals surface area contributed by atoms with Crippen molar-refractivity contribution in [2.24, 2.45) is 5.92 Å². The molecule has 2 unspecified atom stereocenters. The van der Waals surface area contributed by atoms with Gasteiger partial charge in [-0.05, 0) is 82.6 Å². The molecule has 0 aromatic heterocycles. The van der Waals surface area contributed by atoms with Crippen molar-refractivity contribution in [3.63, 3.8) is 0 Å². The van der Waals surface area contributed by atoms with Gasteiger partial charge in [-0.15, -0.1) is 0 Å². The Labute approximate surface area is 254 Å². The van der Waals surface area contributed by atoms with E-state index in [2.05, 4.69) is 17.6 Å². The molecule has 0 heterocycles. The third-order valence-corrected chi connectivity index (χ3v) is 7.78. The van der Waals surface area contributed by atoms with Crippen LogP contribution in [0, 0.1) is 12.8 Å². The number of hydrogen-bond acceptors (Lipinski definition) is 5. The number of carbonyl (C=O) groups is 3. The zero-order valence-electron chi connectivity index (χ0n) is 27.3. The molecule has 0 saturated heterocycles. The molecule has 2 atom stereocenters. The fourth-order valence-corrected chi connectivity index (χ4v) is 5.62. The van der Waals surface area contributed by atoms with Crippen LogP contribution < -0.4 is 10.6 Å². The number of phenolic OH excluding ortho intramolecular Hbond substituents is 1. The van der Waals surface area contributed by atoms with Gasteiger partial charge in [0.1, 0.15) is 23.4 Å². The summed E-state index contributed by atoms with van der Waals surface area (Å²) in [6.45, 7) is 13.7. The molecule has 1 aromatic rings. The van der Waals surface area contributed by atoms with Gasteiger partial charge in [-0.3, -0.25) is 9.59 Å². The molecule has 0 spiro atoms. The maximum absolute atomic E-state index is 14.4. The Morgan fingerprint density at radius 3 is 2.26 bits per heavy atom. The van der Waals surface area contributed by atoms with Gasteiger partial charge in [-0.25, -0.2) is 4.79 Å². The number of nitrogens with zero attached hydrogens (tertiary/aromatic N) is 1. The number of unbranched alkanes of at least 4 members (excludes halogenated alkanes) is 5. The number of aromatic hydroxyl groups is 1. The highest BCUT2D eigenvalue weighted by Crippen LogP contribution is 2.29. The van der Waals surface area contributed by atoms with E-state index in [1.54, 1.807) is 50.8 Å². The number of aryl methyl sites for hydroxylation is 1. The SMILES string of the molecule is CCCCCCCCN(C(=O)C(CC(C)C)NC(=O)OC(C)(C)C)C(C(=O)NC1CCCCC1)c1ccc(O)c(C)c1. The fourth-order valence-electron chi connectivity index (χ4n) is 5.62. The summed E-state index contributed by atoms with van der Waals surface area (Å²) in [5.41, 5.74) is 0.582. The Morgan fingerprint density at radius 1 is 1.02 bits per heavy atom. The topological polar surface area (TPSA) is 108 Å². The molecule has 8 heteroatoms. The molecule has 8 nitrogen and oxygen atoms in total. The molecule has 0 aliphatic heterocycles. The van der Waals surface area contributed by atoms with Crippen LogP contribution in [0.1, 0.15) is 136 Å². The Balaban J connectivity index is 2.47. The van der Waals surface area contributed by atoms with E-state index in [0.29, 0.717) is 24.1 Å². The lowest BCUT2D eigenvalue weighted by atomic mass is 9.94. The number of hydrogen-bond donors (Lipinski definition) is 3. The molecular weight excluding hydrogens is 530 g/mol. The minimum absolute atomic E-state index is 0.0734. The number of amides is 3.